The molecule has 5 nitrogen and oxygen atoms in total. The Morgan fingerprint density at radius 2 is 1.66 bits per heavy atom. The molecule has 0 saturated carbocycles. The highest BCUT2D eigenvalue weighted by Gasteiger charge is 2.56. The molecule has 0 amide bonds. The smallest absolute Gasteiger partial charge is 0.262 e. The summed E-state index contributed by atoms with van der Waals surface area (Å²) in [5.41, 5.74) is 7.72. The Labute approximate surface area is 243 Å². The molecule has 2 aromatic carbocycles. The summed E-state index contributed by atoms with van der Waals surface area (Å²) in [6.45, 7) is 13.7. The van der Waals surface area contributed by atoms with Gasteiger partial charge in [0.25, 0.3) is 6.33 Å². The second-order valence-corrected chi connectivity index (χ2v) is 12.6. The maximum absolute atomic E-state index is 4.98. The van der Waals surface area contributed by atoms with Crippen molar-refractivity contribution in [1.29, 1.82) is 0 Å². The Hall–Kier alpha value is -4.12. The molecule has 5 heteroatoms. The van der Waals surface area contributed by atoms with Crippen LogP contribution in [0.5, 0.6) is 0 Å². The lowest BCUT2D eigenvalue weighted by Crippen LogP contribution is -2.68. The molecule has 0 bridgehead atoms. The van der Waals surface area contributed by atoms with Gasteiger partial charge in [-0.3, -0.25) is 4.68 Å². The van der Waals surface area contributed by atoms with E-state index in [1.54, 1.807) is 0 Å². The molecule has 4 heterocycles. The van der Waals surface area contributed by atoms with Crippen LogP contribution in [-0.4, -0.2) is 14.8 Å². The summed E-state index contributed by atoms with van der Waals surface area (Å²) in [4.78, 5) is 4.98. The van der Waals surface area contributed by atoms with Crippen molar-refractivity contribution in [1.82, 2.24) is 14.8 Å². The van der Waals surface area contributed by atoms with Crippen LogP contribution in [0.15, 0.2) is 91.4 Å². The zero-order valence-corrected chi connectivity index (χ0v) is 25.4. The van der Waals surface area contributed by atoms with E-state index in [0.717, 1.165) is 35.4 Å². The number of fused-ring (bicyclic) bond motifs is 5. The first-order valence-corrected chi connectivity index (χ1v) is 14.8. The Balaban J connectivity index is 1.60. The van der Waals surface area contributed by atoms with E-state index in [1.807, 2.05) is 11.7 Å². The molecule has 6 rings (SSSR count). The van der Waals surface area contributed by atoms with Gasteiger partial charge in [-0.1, -0.05) is 77.9 Å². The average Bonchev–Trinajstić information content (AvgIpc) is 3.39. The summed E-state index contributed by atoms with van der Waals surface area (Å²) in [5.74, 6) is 0. The summed E-state index contributed by atoms with van der Waals surface area (Å²) in [6, 6.07) is 26.1. The summed E-state index contributed by atoms with van der Waals surface area (Å²) in [5, 5.41) is 6.05. The predicted octanol–water partition coefficient (Wildman–Crippen LogP) is 7.13. The maximum Gasteiger partial charge on any atom is 0.288 e. The first kappa shape index (κ1) is 27.1. The molecular formula is C36H41N5+2. The zero-order valence-electron chi connectivity index (χ0n) is 25.4. The van der Waals surface area contributed by atoms with Gasteiger partial charge < -0.3 is 0 Å². The molecule has 3 aromatic heterocycles. The number of aryl methyl sites for hydroxylation is 1. The minimum Gasteiger partial charge on any atom is -0.262 e. The number of hydrogen-bond donors (Lipinski definition) is 0. The summed E-state index contributed by atoms with van der Waals surface area (Å²) in [6.07, 6.45) is 10.8. The van der Waals surface area contributed by atoms with Gasteiger partial charge >= 0.3 is 0 Å². The fourth-order valence-corrected chi connectivity index (χ4v) is 6.86. The SMILES string of the molecule is CCC1(C)c2ccccc2-c2c3ccccc3nc[n+]2C1(C=C[n+]1ccccc1-c1cc(C(C)(C)C)nn1C)CC. The largest absolute Gasteiger partial charge is 0.288 e. The van der Waals surface area contributed by atoms with Crippen LogP contribution >= 0.6 is 0 Å². The van der Waals surface area contributed by atoms with Gasteiger partial charge in [-0.15, -0.1) is 0 Å². The molecule has 41 heavy (non-hydrogen) atoms. The van der Waals surface area contributed by atoms with E-state index in [1.165, 1.54) is 22.2 Å². The third-order valence-corrected chi connectivity index (χ3v) is 9.43. The fourth-order valence-electron chi connectivity index (χ4n) is 6.86. The normalized spacial score (nSPS) is 20.4. The number of para-hydroxylation sites is 1. The maximum atomic E-state index is 4.98. The lowest BCUT2D eigenvalue weighted by Gasteiger charge is -2.48. The number of rotatable bonds is 5. The van der Waals surface area contributed by atoms with E-state index in [2.05, 4.69) is 148 Å². The zero-order chi connectivity index (χ0) is 29.0. The van der Waals surface area contributed by atoms with Crippen LogP contribution in [-0.2, 0) is 23.4 Å². The molecular weight excluding hydrogens is 502 g/mol. The molecule has 208 valence electrons. The highest BCUT2D eigenvalue weighted by molar-refractivity contribution is 5.92. The molecule has 2 atom stereocenters. The van der Waals surface area contributed by atoms with Gasteiger partial charge in [-0.05, 0) is 47.7 Å². The van der Waals surface area contributed by atoms with E-state index in [0.29, 0.717) is 0 Å². The van der Waals surface area contributed by atoms with Crippen LogP contribution in [0, 0.1) is 0 Å². The Bertz CT molecular complexity index is 1790. The minimum absolute atomic E-state index is 0.0215. The van der Waals surface area contributed by atoms with Gasteiger partial charge in [-0.2, -0.15) is 9.67 Å². The number of aromatic nitrogens is 5. The van der Waals surface area contributed by atoms with E-state index in [4.69, 9.17) is 10.1 Å². The van der Waals surface area contributed by atoms with Gasteiger partial charge in [0, 0.05) is 41.6 Å². The molecule has 0 N–H and O–H groups in total. The molecule has 0 fully saturated rings. The van der Waals surface area contributed by atoms with E-state index >= 15 is 0 Å². The van der Waals surface area contributed by atoms with Gasteiger partial charge in [0.05, 0.1) is 11.1 Å². The van der Waals surface area contributed by atoms with Crippen molar-refractivity contribution in [3.05, 3.63) is 103 Å². The summed E-state index contributed by atoms with van der Waals surface area (Å²) < 4.78 is 6.71. The molecule has 0 spiro atoms. The van der Waals surface area contributed by atoms with Crippen molar-refractivity contribution >= 4 is 17.1 Å². The number of pyridine rings is 1. The van der Waals surface area contributed by atoms with Crippen molar-refractivity contribution in [2.24, 2.45) is 7.05 Å². The van der Waals surface area contributed by atoms with E-state index < -0.39 is 0 Å². The molecule has 0 saturated heterocycles. The monoisotopic (exact) mass is 543 g/mol. The van der Waals surface area contributed by atoms with Crippen molar-refractivity contribution in [3.63, 3.8) is 0 Å². The van der Waals surface area contributed by atoms with Crippen molar-refractivity contribution in [3.8, 4) is 22.6 Å². The Kier molecular flexibility index (Phi) is 6.44. The first-order valence-electron chi connectivity index (χ1n) is 14.8. The van der Waals surface area contributed by atoms with Crippen LogP contribution in [0.4, 0.5) is 0 Å². The third kappa shape index (κ3) is 4.05. The summed E-state index contributed by atoms with van der Waals surface area (Å²) >= 11 is 0. The lowest BCUT2D eigenvalue weighted by molar-refractivity contribution is -0.758. The molecule has 5 aromatic rings. The average molecular weight is 544 g/mol. The van der Waals surface area contributed by atoms with E-state index in [9.17, 15) is 0 Å². The predicted molar refractivity (Wildman–Crippen MR) is 166 cm³/mol. The highest BCUT2D eigenvalue weighted by atomic mass is 15.3. The van der Waals surface area contributed by atoms with Gasteiger partial charge in [0.2, 0.25) is 5.69 Å². The molecule has 2 unspecified atom stereocenters. The summed E-state index contributed by atoms with van der Waals surface area (Å²) in [7, 11) is 2.04. The standard InChI is InChI=1S/C36H41N5/c1-8-35(6)28-18-12-10-16-26(28)33-27-17-11-13-19-29(27)37-25-41(33)36(35,9-2)21-23-40-22-15-14-20-30(40)31-24-32(34(3,4)5)38-39(31)7/h10-25H,8-9H2,1-7H3/q+2. The van der Waals surface area contributed by atoms with Gasteiger partial charge in [-0.25, -0.2) is 4.57 Å². The Morgan fingerprint density at radius 3 is 2.39 bits per heavy atom. The number of allylic oxidation sites excluding steroid dienone is 1. The van der Waals surface area contributed by atoms with Gasteiger partial charge in [0.1, 0.15) is 16.9 Å². The van der Waals surface area contributed by atoms with Crippen LogP contribution < -0.4 is 9.13 Å². The number of hydrogen-bond acceptors (Lipinski definition) is 2. The number of nitrogens with zero attached hydrogens (tertiary/aromatic N) is 5. The van der Waals surface area contributed by atoms with Crippen LogP contribution in [0.25, 0.3) is 39.7 Å². The molecule has 1 aliphatic heterocycles. The minimum atomic E-state index is -0.342. The van der Waals surface area contributed by atoms with E-state index in [-0.39, 0.29) is 16.4 Å². The molecule has 1 aliphatic rings. The van der Waals surface area contributed by atoms with Crippen molar-refractivity contribution < 1.29 is 9.13 Å². The molecule has 0 aliphatic carbocycles. The van der Waals surface area contributed by atoms with Gasteiger partial charge in [0.15, 0.2) is 17.9 Å². The van der Waals surface area contributed by atoms with Crippen molar-refractivity contribution in [2.45, 2.75) is 70.8 Å². The van der Waals surface area contributed by atoms with Crippen LogP contribution in [0.1, 0.15) is 65.6 Å². The van der Waals surface area contributed by atoms with Crippen molar-refractivity contribution in [2.75, 3.05) is 0 Å². The molecule has 0 radical (unpaired) electrons. The Morgan fingerprint density at radius 1 is 0.927 bits per heavy atom. The van der Waals surface area contributed by atoms with Crippen LogP contribution in [0.2, 0.25) is 0 Å². The first-order chi connectivity index (χ1) is 19.6. The highest BCUT2D eigenvalue weighted by Crippen LogP contribution is 2.51. The topological polar surface area (TPSA) is 38.5 Å². The van der Waals surface area contributed by atoms with Crippen LogP contribution in [0.3, 0.4) is 0 Å². The fraction of sp³-hybridized carbons (Fsp3) is 0.333. The lowest BCUT2D eigenvalue weighted by atomic mass is 9.59. The third-order valence-electron chi connectivity index (χ3n) is 9.43. The number of benzene rings is 2. The second-order valence-electron chi connectivity index (χ2n) is 12.6. The second kappa shape index (κ2) is 9.76. The quantitative estimate of drug-likeness (QED) is 0.221.